The zero-order valence-electron chi connectivity index (χ0n) is 42.4. The molecule has 0 unspecified atom stereocenters. The largest absolute Gasteiger partial charge is 1.00 e. The number of hydrogen-bond donors (Lipinski definition) is 4. The number of carboxylic acids is 2. The number of carboxylic acid groups (broad SMARTS) is 2. The zero-order chi connectivity index (χ0) is 49.9. The van der Waals surface area contributed by atoms with Gasteiger partial charge in [-0.2, -0.15) is 0 Å². The number of methoxy groups -OCH3 is 1. The molecule has 2 saturated heterocycles. The van der Waals surface area contributed by atoms with Crippen LogP contribution in [-0.4, -0.2) is 212 Å². The number of carbonyl (C=O) groups is 4. The predicted octanol–water partition coefficient (Wildman–Crippen LogP) is 0.0344. The van der Waals surface area contributed by atoms with Crippen molar-refractivity contribution in [2.75, 3.05) is 118 Å². The number of aliphatic carboxylic acids is 2. The van der Waals surface area contributed by atoms with E-state index in [9.17, 15) is 39.4 Å². The van der Waals surface area contributed by atoms with Gasteiger partial charge in [-0.3, -0.25) is 63.9 Å². The van der Waals surface area contributed by atoms with E-state index in [4.69, 9.17) is 29.5 Å². The summed E-state index contributed by atoms with van der Waals surface area (Å²) in [6, 6.07) is 12.2. The number of aliphatic hydroxyl groups excluding tert-OH is 1. The number of rotatable bonds is 13. The molecule has 385 valence electrons. The van der Waals surface area contributed by atoms with Crippen LogP contribution in [0.4, 0.5) is 11.4 Å². The van der Waals surface area contributed by atoms with Gasteiger partial charge in [0.15, 0.2) is 0 Å². The third-order valence-electron chi connectivity index (χ3n) is 9.24. The average molecular weight is 988 g/mol. The number of aliphatic hydroxyl groups is 1. The van der Waals surface area contributed by atoms with Crippen LogP contribution in [-0.2, 0) is 35.2 Å². The minimum atomic E-state index is -0.916. The number of carbonyl (C=O) groups excluding carboxylic acids is 2. The first-order valence-corrected chi connectivity index (χ1v) is 21.8. The van der Waals surface area contributed by atoms with Crippen LogP contribution in [0.15, 0.2) is 48.5 Å². The molecule has 3 radical (unpaired) electrons. The number of ether oxygens (including phenoxy) is 3. The molecule has 69 heavy (non-hydrogen) atoms. The van der Waals surface area contributed by atoms with Gasteiger partial charge < -0.3 is 36.3 Å². The molecule has 2 aliphatic rings. The minimum absolute atomic E-state index is 0. The van der Waals surface area contributed by atoms with Crippen molar-refractivity contribution in [2.45, 2.75) is 73.6 Å². The monoisotopic (exact) mass is 988 g/mol. The summed E-state index contributed by atoms with van der Waals surface area (Å²) in [5, 5.41) is 50.0. The van der Waals surface area contributed by atoms with Crippen LogP contribution in [0.25, 0.3) is 0 Å². The number of nitro groups is 2. The Bertz CT molecular complexity index is 1730. The minimum Gasteiger partial charge on any atom is -1.00 e. The van der Waals surface area contributed by atoms with Crippen LogP contribution < -0.4 is 39.6 Å². The molecule has 0 spiro atoms. The summed E-state index contributed by atoms with van der Waals surface area (Å²) >= 11 is 0. The molecule has 24 heteroatoms. The first kappa shape index (κ1) is 69.0. The maximum atomic E-state index is 12.1. The molecule has 0 aliphatic carbocycles. The summed E-state index contributed by atoms with van der Waals surface area (Å²) in [5.41, 5.74) is 0.0683. The Morgan fingerprint density at radius 2 is 0.928 bits per heavy atom. The van der Waals surface area contributed by atoms with E-state index in [2.05, 4.69) is 20.0 Å². The number of nitro benzene ring substituents is 2. The Labute approximate surface area is 433 Å². The standard InChI is InChI=1S/C18H35N3O4.C17H24N4O6.C7H7NO3.C2H6O.CH4.B.Na.H/c1-17(2,3)24-15(22)13-20-9-7-19-8-10-21(12-11-20)14-16(23)25-18(4,5)6;22-16(23)12-19-7-5-18(6-8-20(10-9-19)13-17(24)25)11-14-1-3-15(4-2-14)21(26)27;1-11-7-4-2-6(3-5-7)8(9)10;1-2-3;;;;/h19H,7-14H2,1-6H3;1-4H,5-13H2,(H,22,23)(H,24,25);2-5H,1H3;3H,2H2,1H3;1H4;;;/q;;;;;;+1;-1. The molecule has 0 atom stereocenters. The van der Waals surface area contributed by atoms with E-state index in [0.717, 1.165) is 31.7 Å². The average Bonchev–Trinajstić information content (AvgIpc) is 3.37. The SMILES string of the molecule is C.CC(C)(C)OC(=O)CN1CCNCCN(CC(=O)OC(C)(C)C)CC1.CCO.COc1ccc([N+](=O)[O-])cc1.O=C(O)CN1CCN(CC(=O)O)CCN(Cc2ccc([N+](=O)[O-])cc2)CC1.[B].[H-].[Na+]. The van der Waals surface area contributed by atoms with E-state index in [1.165, 1.54) is 31.4 Å². The summed E-state index contributed by atoms with van der Waals surface area (Å²) in [6.07, 6.45) is 0. The Morgan fingerprint density at radius 3 is 1.22 bits per heavy atom. The first-order valence-electron chi connectivity index (χ1n) is 21.8. The second-order valence-corrected chi connectivity index (χ2v) is 17.3. The van der Waals surface area contributed by atoms with Crippen LogP contribution in [0.1, 0.15) is 62.9 Å². The third kappa shape index (κ3) is 34.6. The number of nitrogens with one attached hydrogen (secondary N) is 1. The molecule has 2 aromatic carbocycles. The molecule has 2 fully saturated rings. The van der Waals surface area contributed by atoms with Crippen LogP contribution in [0.3, 0.4) is 0 Å². The predicted molar refractivity (Wildman–Crippen MR) is 260 cm³/mol. The number of esters is 2. The number of nitrogens with zero attached hydrogens (tertiary/aromatic N) is 7. The van der Waals surface area contributed by atoms with Crippen LogP contribution in [0.2, 0.25) is 0 Å². The second kappa shape index (κ2) is 36.6. The van der Waals surface area contributed by atoms with E-state index < -0.39 is 33.0 Å². The summed E-state index contributed by atoms with van der Waals surface area (Å²) in [7, 11) is 1.52. The molecule has 2 aliphatic heterocycles. The maximum Gasteiger partial charge on any atom is 1.00 e. The molecular formula is C45H77BN8NaO14. The molecule has 0 saturated carbocycles. The van der Waals surface area contributed by atoms with Crippen LogP contribution >= 0.6 is 0 Å². The van der Waals surface area contributed by atoms with Crippen molar-refractivity contribution < 1.29 is 89.5 Å². The smallest absolute Gasteiger partial charge is 1.00 e. The van der Waals surface area contributed by atoms with Gasteiger partial charge in [0.05, 0.1) is 43.1 Å². The normalized spacial score (nSPS) is 15.4. The van der Waals surface area contributed by atoms with Crippen molar-refractivity contribution in [3.63, 3.8) is 0 Å². The first-order chi connectivity index (χ1) is 30.9. The molecule has 4 rings (SSSR count). The van der Waals surface area contributed by atoms with Crippen molar-refractivity contribution >= 4 is 43.7 Å². The van der Waals surface area contributed by atoms with Crippen molar-refractivity contribution in [3.8, 4) is 5.75 Å². The molecule has 0 bridgehead atoms. The Kier molecular flexibility index (Phi) is 36.6. The van der Waals surface area contributed by atoms with Crippen LogP contribution in [0.5, 0.6) is 5.75 Å². The summed E-state index contributed by atoms with van der Waals surface area (Å²) in [5.74, 6) is -1.65. The maximum absolute atomic E-state index is 12.1. The van der Waals surface area contributed by atoms with Gasteiger partial charge in [-0.25, -0.2) is 0 Å². The van der Waals surface area contributed by atoms with E-state index >= 15 is 0 Å². The third-order valence-corrected chi connectivity index (χ3v) is 9.24. The fraction of sp³-hybridized carbons (Fsp3) is 0.644. The van der Waals surface area contributed by atoms with Crippen molar-refractivity contribution in [3.05, 3.63) is 74.3 Å². The molecule has 22 nitrogen and oxygen atoms in total. The number of hydrogen-bond acceptors (Lipinski definition) is 18. The van der Waals surface area contributed by atoms with Gasteiger partial charge in [-0.1, -0.05) is 19.6 Å². The molecule has 2 aromatic rings. The molecule has 0 amide bonds. The van der Waals surface area contributed by atoms with Crippen molar-refractivity contribution in [1.82, 2.24) is 29.8 Å². The van der Waals surface area contributed by atoms with E-state index in [0.29, 0.717) is 64.7 Å². The number of non-ortho nitro benzene ring substituents is 2. The van der Waals surface area contributed by atoms with Gasteiger partial charge in [-0.15, -0.1) is 0 Å². The molecular weight excluding hydrogens is 910 g/mol. The van der Waals surface area contributed by atoms with E-state index in [1.54, 1.807) is 41.0 Å². The summed E-state index contributed by atoms with van der Waals surface area (Å²) in [6.45, 7) is 22.0. The van der Waals surface area contributed by atoms with Gasteiger partial charge in [0.25, 0.3) is 11.4 Å². The van der Waals surface area contributed by atoms with Gasteiger partial charge in [-0.05, 0) is 66.2 Å². The molecule has 0 aromatic heterocycles. The molecule has 4 N–H and O–H groups in total. The van der Waals surface area contributed by atoms with E-state index in [-0.39, 0.29) is 103 Å². The Hall–Kier alpha value is -4.30. The fourth-order valence-corrected chi connectivity index (χ4v) is 6.26. The number of benzene rings is 2. The van der Waals surface area contributed by atoms with Gasteiger partial charge in [0.1, 0.15) is 17.0 Å². The van der Waals surface area contributed by atoms with E-state index in [1.807, 2.05) is 41.5 Å². The fourth-order valence-electron chi connectivity index (χ4n) is 6.26. The topological polar surface area (TPSA) is 271 Å². The van der Waals surface area contributed by atoms with Gasteiger partial charge in [0, 0.05) is 124 Å². The van der Waals surface area contributed by atoms with Crippen LogP contribution in [0, 0.1) is 20.2 Å². The Balaban J connectivity index is -0.000000470. The van der Waals surface area contributed by atoms with Crippen molar-refractivity contribution in [2.24, 2.45) is 0 Å². The van der Waals surface area contributed by atoms with Crippen molar-refractivity contribution in [1.29, 1.82) is 0 Å². The summed E-state index contributed by atoms with van der Waals surface area (Å²) < 4.78 is 15.6. The quantitative estimate of drug-likeness (QED) is 0.0893. The second-order valence-electron chi connectivity index (χ2n) is 17.3. The Morgan fingerprint density at radius 1 is 0.623 bits per heavy atom. The summed E-state index contributed by atoms with van der Waals surface area (Å²) in [4.78, 5) is 76.1. The zero-order valence-corrected chi connectivity index (χ0v) is 43.4. The molecule has 2 heterocycles. The van der Waals surface area contributed by atoms with Gasteiger partial charge in [0.2, 0.25) is 0 Å². The van der Waals surface area contributed by atoms with Gasteiger partial charge >= 0.3 is 53.4 Å².